The number of carbonyl (C=O) groups is 1. The van der Waals surface area contributed by atoms with E-state index in [1.54, 1.807) is 0 Å². The average Bonchev–Trinajstić information content (AvgIpc) is 3.01. The van der Waals surface area contributed by atoms with Gasteiger partial charge < -0.3 is 10.2 Å². The summed E-state index contributed by atoms with van der Waals surface area (Å²) < 4.78 is 5.78. The average molecular weight is 366 g/mol. The first kappa shape index (κ1) is 18.8. The van der Waals surface area contributed by atoms with Crippen LogP contribution in [0.4, 0.5) is 0 Å². The second-order valence-corrected chi connectivity index (χ2v) is 9.46. The molecule has 0 spiro atoms. The van der Waals surface area contributed by atoms with Gasteiger partial charge in [0, 0.05) is 49.7 Å². The molecule has 0 radical (unpaired) electrons. The number of hydrogen-bond acceptors (Lipinski definition) is 5. The van der Waals surface area contributed by atoms with Gasteiger partial charge in [-0.05, 0) is 30.4 Å². The monoisotopic (exact) mass is 365 g/mol. The lowest BCUT2D eigenvalue weighted by Crippen LogP contribution is -2.50. The SMILES string of the molecule is CC(C)(C)c1oc(C(N)=O)cc1CN1CCN(C2CCSCC2)CC1. The molecule has 0 atom stereocenters. The Morgan fingerprint density at radius 3 is 2.44 bits per heavy atom. The summed E-state index contributed by atoms with van der Waals surface area (Å²) >= 11 is 2.09. The van der Waals surface area contributed by atoms with Crippen LogP contribution >= 0.6 is 11.8 Å². The van der Waals surface area contributed by atoms with Crippen LogP contribution in [-0.2, 0) is 12.0 Å². The van der Waals surface area contributed by atoms with Gasteiger partial charge in [0.25, 0.3) is 5.91 Å². The zero-order valence-electron chi connectivity index (χ0n) is 15.7. The van der Waals surface area contributed by atoms with Crippen LogP contribution in [0.5, 0.6) is 0 Å². The fourth-order valence-corrected chi connectivity index (χ4v) is 4.96. The van der Waals surface area contributed by atoms with Crippen LogP contribution < -0.4 is 5.73 Å². The first-order chi connectivity index (χ1) is 11.8. The Morgan fingerprint density at radius 2 is 1.88 bits per heavy atom. The van der Waals surface area contributed by atoms with Gasteiger partial charge >= 0.3 is 0 Å². The van der Waals surface area contributed by atoms with Gasteiger partial charge in [-0.3, -0.25) is 14.6 Å². The third-order valence-electron chi connectivity index (χ3n) is 5.24. The molecule has 2 N–H and O–H groups in total. The molecule has 0 saturated carbocycles. The summed E-state index contributed by atoms with van der Waals surface area (Å²) in [5.41, 5.74) is 6.38. The molecule has 2 aliphatic heterocycles. The number of carbonyl (C=O) groups excluding carboxylic acids is 1. The number of thioether (sulfide) groups is 1. The van der Waals surface area contributed by atoms with Crippen molar-refractivity contribution in [2.75, 3.05) is 37.7 Å². The van der Waals surface area contributed by atoms with E-state index in [-0.39, 0.29) is 11.2 Å². The predicted molar refractivity (Wildman–Crippen MR) is 103 cm³/mol. The number of primary amides is 1. The van der Waals surface area contributed by atoms with Crippen molar-refractivity contribution in [3.8, 4) is 0 Å². The van der Waals surface area contributed by atoms with Crippen molar-refractivity contribution in [1.82, 2.24) is 9.80 Å². The van der Waals surface area contributed by atoms with E-state index in [0.29, 0.717) is 0 Å². The Kier molecular flexibility index (Phi) is 5.81. The van der Waals surface area contributed by atoms with Crippen molar-refractivity contribution >= 4 is 17.7 Å². The maximum Gasteiger partial charge on any atom is 0.284 e. The second-order valence-electron chi connectivity index (χ2n) is 8.23. The van der Waals surface area contributed by atoms with Gasteiger partial charge in [-0.15, -0.1) is 0 Å². The van der Waals surface area contributed by atoms with Crippen LogP contribution in [0.25, 0.3) is 0 Å². The molecule has 1 aromatic rings. The number of nitrogens with two attached hydrogens (primary N) is 1. The highest BCUT2D eigenvalue weighted by molar-refractivity contribution is 7.99. The van der Waals surface area contributed by atoms with E-state index in [2.05, 4.69) is 42.3 Å². The number of piperazine rings is 1. The fourth-order valence-electron chi connectivity index (χ4n) is 3.88. The Bertz CT molecular complexity index is 594. The molecule has 25 heavy (non-hydrogen) atoms. The molecule has 2 saturated heterocycles. The van der Waals surface area contributed by atoms with Gasteiger partial charge in [0.05, 0.1) is 0 Å². The summed E-state index contributed by atoms with van der Waals surface area (Å²) in [6.45, 7) is 11.6. The number of furan rings is 1. The molecule has 140 valence electrons. The van der Waals surface area contributed by atoms with Gasteiger partial charge in [0.2, 0.25) is 0 Å². The Morgan fingerprint density at radius 1 is 1.24 bits per heavy atom. The minimum absolute atomic E-state index is 0.134. The first-order valence-corrected chi connectivity index (χ1v) is 10.5. The summed E-state index contributed by atoms with van der Waals surface area (Å²) in [7, 11) is 0. The topological polar surface area (TPSA) is 62.7 Å². The van der Waals surface area contributed by atoms with Gasteiger partial charge in [-0.1, -0.05) is 20.8 Å². The van der Waals surface area contributed by atoms with Crippen LogP contribution in [-0.4, -0.2) is 59.4 Å². The molecular formula is C19H31N3O2S. The van der Waals surface area contributed by atoms with Crippen LogP contribution in [0, 0.1) is 0 Å². The van der Waals surface area contributed by atoms with Crippen molar-refractivity contribution in [2.45, 2.75) is 51.6 Å². The molecule has 1 aromatic heterocycles. The minimum atomic E-state index is -0.489. The molecule has 5 nitrogen and oxygen atoms in total. The molecule has 3 heterocycles. The smallest absolute Gasteiger partial charge is 0.284 e. The number of hydrogen-bond donors (Lipinski definition) is 1. The van der Waals surface area contributed by atoms with Crippen molar-refractivity contribution in [3.63, 3.8) is 0 Å². The summed E-state index contributed by atoms with van der Waals surface area (Å²) in [4.78, 5) is 16.7. The molecule has 3 rings (SSSR count). The van der Waals surface area contributed by atoms with Crippen molar-refractivity contribution in [2.24, 2.45) is 5.73 Å². The lowest BCUT2D eigenvalue weighted by molar-refractivity contribution is 0.0874. The minimum Gasteiger partial charge on any atom is -0.455 e. The van der Waals surface area contributed by atoms with Crippen molar-refractivity contribution in [3.05, 3.63) is 23.2 Å². The van der Waals surface area contributed by atoms with Gasteiger partial charge in [-0.2, -0.15) is 11.8 Å². The normalized spacial score (nSPS) is 21.6. The molecular weight excluding hydrogens is 334 g/mol. The van der Waals surface area contributed by atoms with E-state index in [9.17, 15) is 4.79 Å². The Labute approximate surface area is 155 Å². The van der Waals surface area contributed by atoms with E-state index in [1.165, 1.54) is 24.3 Å². The summed E-state index contributed by atoms with van der Waals surface area (Å²) in [6, 6.07) is 2.62. The predicted octanol–water partition coefficient (Wildman–Crippen LogP) is 2.69. The van der Waals surface area contributed by atoms with E-state index < -0.39 is 5.91 Å². The molecule has 1 amide bonds. The van der Waals surface area contributed by atoms with Gasteiger partial charge in [0.15, 0.2) is 5.76 Å². The summed E-state index contributed by atoms with van der Waals surface area (Å²) in [5, 5.41) is 0. The zero-order chi connectivity index (χ0) is 18.0. The highest BCUT2D eigenvalue weighted by Crippen LogP contribution is 2.30. The maximum atomic E-state index is 11.5. The molecule has 0 unspecified atom stereocenters. The van der Waals surface area contributed by atoms with Crippen molar-refractivity contribution in [1.29, 1.82) is 0 Å². The largest absolute Gasteiger partial charge is 0.455 e. The molecule has 0 aromatic carbocycles. The van der Waals surface area contributed by atoms with Crippen LogP contribution in [0.1, 0.15) is 55.5 Å². The van der Waals surface area contributed by atoms with Crippen LogP contribution in [0.2, 0.25) is 0 Å². The standard InChI is InChI=1S/C19H31N3O2S/c1-19(2,3)17-14(12-16(24-17)18(20)23)13-21-6-8-22(9-7-21)15-4-10-25-11-5-15/h12,15H,4-11,13H2,1-3H3,(H2,20,23). The lowest BCUT2D eigenvalue weighted by atomic mass is 9.90. The number of rotatable bonds is 4. The molecule has 2 aliphatic rings. The molecule has 2 fully saturated rings. The molecule has 6 heteroatoms. The van der Waals surface area contributed by atoms with Gasteiger partial charge in [0.1, 0.15) is 5.76 Å². The van der Waals surface area contributed by atoms with E-state index in [4.69, 9.17) is 10.2 Å². The quantitative estimate of drug-likeness (QED) is 0.889. The van der Waals surface area contributed by atoms with Crippen LogP contribution in [0.3, 0.4) is 0 Å². The Hall–Kier alpha value is -0.980. The number of amides is 1. The summed E-state index contributed by atoms with van der Waals surface area (Å²) in [5.74, 6) is 3.29. The van der Waals surface area contributed by atoms with E-state index in [0.717, 1.165) is 50.1 Å². The third-order valence-corrected chi connectivity index (χ3v) is 6.29. The molecule has 0 bridgehead atoms. The summed E-state index contributed by atoms with van der Waals surface area (Å²) in [6.07, 6.45) is 2.67. The van der Waals surface area contributed by atoms with E-state index >= 15 is 0 Å². The molecule has 0 aliphatic carbocycles. The fraction of sp³-hybridized carbons (Fsp3) is 0.737. The van der Waals surface area contributed by atoms with Crippen LogP contribution in [0.15, 0.2) is 10.5 Å². The van der Waals surface area contributed by atoms with Crippen molar-refractivity contribution < 1.29 is 9.21 Å². The van der Waals surface area contributed by atoms with E-state index in [1.807, 2.05) is 6.07 Å². The highest BCUT2D eigenvalue weighted by atomic mass is 32.2. The highest BCUT2D eigenvalue weighted by Gasteiger charge is 2.29. The lowest BCUT2D eigenvalue weighted by Gasteiger charge is -2.40. The van der Waals surface area contributed by atoms with Gasteiger partial charge in [-0.25, -0.2) is 0 Å². The maximum absolute atomic E-state index is 11.5. The number of nitrogens with zero attached hydrogens (tertiary/aromatic N) is 2. The second kappa shape index (κ2) is 7.72. The first-order valence-electron chi connectivity index (χ1n) is 9.32. The zero-order valence-corrected chi connectivity index (χ0v) is 16.5. The third kappa shape index (κ3) is 4.60. The Balaban J connectivity index is 1.62.